The molecule has 6 saturated heterocycles. The van der Waals surface area contributed by atoms with Crippen molar-refractivity contribution in [3.63, 3.8) is 0 Å². The van der Waals surface area contributed by atoms with E-state index in [0.29, 0.717) is 0 Å². The van der Waals surface area contributed by atoms with E-state index in [-0.39, 0.29) is 33.2 Å². The molecule has 0 bridgehead atoms. The average Bonchev–Trinajstić information content (AvgIpc) is 3.01. The zero-order chi connectivity index (χ0) is 25.8. The van der Waals surface area contributed by atoms with E-state index in [4.69, 9.17) is 0 Å². The van der Waals surface area contributed by atoms with Gasteiger partial charge in [-0.3, -0.25) is 28.0 Å². The first kappa shape index (κ1) is 33.0. The maximum Gasteiger partial charge on any atom is 0.120 e. The molecule has 6 heterocycles. The molecule has 0 aromatic rings. The van der Waals surface area contributed by atoms with Gasteiger partial charge in [0.2, 0.25) is 0 Å². The molecular weight excluding hydrogens is 565 g/mol. The quantitative estimate of drug-likeness (QED) is 0.226. The molecule has 0 radical (unpaired) electrons. The van der Waals surface area contributed by atoms with Crippen molar-refractivity contribution in [2.24, 2.45) is 0 Å². The Balaban J connectivity index is 0.000000176. The topological polar surface area (TPSA) is 19.4 Å². The molecule has 0 aliphatic carbocycles. The van der Waals surface area contributed by atoms with Gasteiger partial charge in [0.25, 0.3) is 0 Å². The van der Waals surface area contributed by atoms with E-state index in [1.54, 1.807) is 0 Å². The SMILES string of the molecule is C1CCN(P(N2CCCCC2)N2CCCCC2)CC1.C1CCN(P(N2CCCCC2)N2CCCCC2)CC1.[Ni]. The Labute approximate surface area is 254 Å². The minimum Gasteiger partial charge on any atom is -0.257 e. The van der Waals surface area contributed by atoms with Gasteiger partial charge < -0.3 is 0 Å². The van der Waals surface area contributed by atoms with Gasteiger partial charge in [-0.25, -0.2) is 0 Å². The zero-order valence-electron chi connectivity index (χ0n) is 25.1. The van der Waals surface area contributed by atoms with Gasteiger partial charge in [-0.05, 0) is 77.0 Å². The van der Waals surface area contributed by atoms with Gasteiger partial charge in [0, 0.05) is 95.0 Å². The van der Waals surface area contributed by atoms with E-state index in [1.807, 2.05) is 0 Å². The van der Waals surface area contributed by atoms with Crippen LogP contribution in [0.2, 0.25) is 0 Å². The van der Waals surface area contributed by atoms with E-state index < -0.39 is 0 Å². The van der Waals surface area contributed by atoms with Gasteiger partial charge >= 0.3 is 0 Å². The van der Waals surface area contributed by atoms with Gasteiger partial charge in [0.05, 0.1) is 0 Å². The van der Waals surface area contributed by atoms with Gasteiger partial charge in [-0.15, -0.1) is 0 Å². The summed E-state index contributed by atoms with van der Waals surface area (Å²) in [7, 11) is -0.230. The largest absolute Gasteiger partial charge is 0.257 e. The molecule has 9 heteroatoms. The minimum absolute atomic E-state index is 0. The van der Waals surface area contributed by atoms with Gasteiger partial charge in [0.1, 0.15) is 16.7 Å². The second-order valence-electron chi connectivity index (χ2n) is 12.6. The van der Waals surface area contributed by atoms with Crippen molar-refractivity contribution < 1.29 is 16.5 Å². The Morgan fingerprint density at radius 3 is 0.462 bits per heavy atom. The van der Waals surface area contributed by atoms with Crippen LogP contribution in [0.25, 0.3) is 0 Å². The minimum atomic E-state index is -0.115. The van der Waals surface area contributed by atoms with Gasteiger partial charge in [-0.1, -0.05) is 38.5 Å². The van der Waals surface area contributed by atoms with E-state index in [1.165, 1.54) is 194 Å². The first-order valence-electron chi connectivity index (χ1n) is 17.0. The van der Waals surface area contributed by atoms with Crippen LogP contribution in [0.5, 0.6) is 0 Å². The van der Waals surface area contributed by atoms with E-state index in [9.17, 15) is 0 Å². The second kappa shape index (κ2) is 18.7. The molecule has 0 spiro atoms. The summed E-state index contributed by atoms with van der Waals surface area (Å²) in [5, 5.41) is 0. The molecule has 0 amide bonds. The Hall–Kier alpha value is 1.11. The molecule has 0 atom stereocenters. The second-order valence-corrected chi connectivity index (χ2v) is 17.1. The first-order valence-corrected chi connectivity index (χ1v) is 19.4. The Kier molecular flexibility index (Phi) is 15.8. The summed E-state index contributed by atoms with van der Waals surface area (Å²) in [4.78, 5) is 0. The molecule has 6 fully saturated rings. The summed E-state index contributed by atoms with van der Waals surface area (Å²) >= 11 is 0. The van der Waals surface area contributed by atoms with Crippen LogP contribution in [-0.2, 0) is 16.5 Å². The van der Waals surface area contributed by atoms with Crippen LogP contribution in [0.1, 0.15) is 116 Å². The fourth-order valence-corrected chi connectivity index (χ4v) is 13.4. The monoisotopic (exact) mass is 624 g/mol. The molecule has 0 unspecified atom stereocenters. The molecule has 0 N–H and O–H groups in total. The Morgan fingerprint density at radius 1 is 0.205 bits per heavy atom. The maximum atomic E-state index is 2.86. The number of hydrogen-bond donors (Lipinski definition) is 0. The number of hydrogen-bond acceptors (Lipinski definition) is 6. The van der Waals surface area contributed by atoms with Crippen molar-refractivity contribution in [3.05, 3.63) is 0 Å². The molecule has 0 saturated carbocycles. The molecule has 39 heavy (non-hydrogen) atoms. The fraction of sp³-hybridized carbons (Fsp3) is 1.00. The predicted molar refractivity (Wildman–Crippen MR) is 166 cm³/mol. The van der Waals surface area contributed by atoms with Crippen LogP contribution in [0.4, 0.5) is 0 Å². The van der Waals surface area contributed by atoms with Crippen LogP contribution in [0.15, 0.2) is 0 Å². The van der Waals surface area contributed by atoms with Crippen LogP contribution in [-0.4, -0.2) is 107 Å². The van der Waals surface area contributed by atoms with E-state index >= 15 is 0 Å². The smallest absolute Gasteiger partial charge is 0.120 e. The molecule has 6 aliphatic rings. The summed E-state index contributed by atoms with van der Waals surface area (Å²) in [6.45, 7) is 16.3. The third kappa shape index (κ3) is 10.1. The summed E-state index contributed by atoms with van der Waals surface area (Å²) < 4.78 is 17.1. The van der Waals surface area contributed by atoms with Crippen LogP contribution in [0.3, 0.4) is 0 Å². The summed E-state index contributed by atoms with van der Waals surface area (Å²) in [6, 6.07) is 0. The normalized spacial score (nSPS) is 28.2. The summed E-state index contributed by atoms with van der Waals surface area (Å²) in [5.41, 5.74) is 0. The van der Waals surface area contributed by atoms with Crippen LogP contribution < -0.4 is 0 Å². The summed E-state index contributed by atoms with van der Waals surface area (Å²) in [5.74, 6) is 0. The van der Waals surface area contributed by atoms with Crippen molar-refractivity contribution in [2.45, 2.75) is 116 Å². The molecular formula is C30H60N6NiP2. The van der Waals surface area contributed by atoms with E-state index in [2.05, 4.69) is 28.0 Å². The van der Waals surface area contributed by atoms with Crippen molar-refractivity contribution >= 4 is 16.7 Å². The predicted octanol–water partition coefficient (Wildman–Crippen LogP) is 7.34. The zero-order valence-corrected chi connectivity index (χ0v) is 27.9. The summed E-state index contributed by atoms with van der Waals surface area (Å²) in [6.07, 6.45) is 25.9. The first-order chi connectivity index (χ1) is 18.9. The molecule has 0 aromatic carbocycles. The standard InChI is InChI=1S/2C15H30N3P.Ni/c2*1-4-10-16(11-5-1)19(17-12-6-2-7-13-17)18-14-8-3-9-15-18;/h2*1-15H2;. The third-order valence-corrected chi connectivity index (χ3v) is 14.9. The molecule has 6 rings (SSSR count). The molecule has 6 nitrogen and oxygen atoms in total. The maximum absolute atomic E-state index is 2.86. The van der Waals surface area contributed by atoms with Crippen molar-refractivity contribution in [1.29, 1.82) is 0 Å². The number of nitrogens with zero attached hydrogens (tertiary/aromatic N) is 6. The fourth-order valence-electron chi connectivity index (χ4n) is 7.41. The van der Waals surface area contributed by atoms with Crippen molar-refractivity contribution in [2.75, 3.05) is 78.5 Å². The third-order valence-electron chi connectivity index (χ3n) is 9.51. The van der Waals surface area contributed by atoms with Gasteiger partial charge in [0.15, 0.2) is 0 Å². The van der Waals surface area contributed by atoms with Gasteiger partial charge in [-0.2, -0.15) is 0 Å². The molecule has 0 aromatic heterocycles. The molecule has 230 valence electrons. The van der Waals surface area contributed by atoms with Crippen LogP contribution in [0, 0.1) is 0 Å². The Bertz CT molecular complexity index is 487. The number of rotatable bonds is 6. The van der Waals surface area contributed by atoms with Crippen LogP contribution >= 0.6 is 16.7 Å². The molecule has 6 aliphatic heterocycles. The average molecular weight is 625 g/mol. The number of piperidine rings is 6. The van der Waals surface area contributed by atoms with Crippen molar-refractivity contribution in [3.8, 4) is 0 Å². The van der Waals surface area contributed by atoms with Crippen molar-refractivity contribution in [1.82, 2.24) is 28.0 Å². The van der Waals surface area contributed by atoms with E-state index in [0.717, 1.165) is 0 Å². The Morgan fingerprint density at radius 2 is 0.333 bits per heavy atom.